The highest BCUT2D eigenvalue weighted by Crippen LogP contribution is 2.12. The number of benzene rings is 1. The molecular weight excluding hydrogens is 268 g/mol. The number of aliphatic hydroxyl groups excluding tert-OH is 1. The molecule has 5 nitrogen and oxygen atoms in total. The summed E-state index contributed by atoms with van der Waals surface area (Å²) in [6.45, 7) is 5.18. The molecule has 1 atom stereocenters. The van der Waals surface area contributed by atoms with Crippen LogP contribution in [0.4, 0.5) is 0 Å². The molecule has 1 aromatic carbocycles. The summed E-state index contributed by atoms with van der Waals surface area (Å²) < 4.78 is 0. The first kappa shape index (κ1) is 16.7. The lowest BCUT2D eigenvalue weighted by molar-refractivity contribution is -0.120. The number of aliphatic hydroxyl groups is 1. The predicted molar refractivity (Wildman–Crippen MR) is 80.4 cm³/mol. The number of carbonyl (C=O) groups is 2. The van der Waals surface area contributed by atoms with E-state index in [1.165, 1.54) is 0 Å². The lowest BCUT2D eigenvalue weighted by Crippen LogP contribution is -2.47. The third kappa shape index (κ3) is 4.62. The van der Waals surface area contributed by atoms with Gasteiger partial charge >= 0.3 is 0 Å². The van der Waals surface area contributed by atoms with Crippen molar-refractivity contribution in [2.45, 2.75) is 26.8 Å². The van der Waals surface area contributed by atoms with Gasteiger partial charge in [0.15, 0.2) is 0 Å². The minimum Gasteiger partial charge on any atom is -0.384 e. The van der Waals surface area contributed by atoms with Gasteiger partial charge in [-0.15, -0.1) is 0 Å². The Hall–Kier alpha value is -2.32. The summed E-state index contributed by atoms with van der Waals surface area (Å²) in [4.78, 5) is 23.7. The monoisotopic (exact) mass is 288 g/mol. The summed E-state index contributed by atoms with van der Waals surface area (Å²) in [5.41, 5.74) is 7.06. The molecule has 0 heterocycles. The lowest BCUT2D eigenvalue weighted by Gasteiger charge is -2.19. The van der Waals surface area contributed by atoms with Crippen molar-refractivity contribution in [3.8, 4) is 11.8 Å². The predicted octanol–water partition coefficient (Wildman–Crippen LogP) is 0.579. The summed E-state index contributed by atoms with van der Waals surface area (Å²) in [6, 6.07) is 4.49. The molecule has 5 heteroatoms. The second-order valence-corrected chi connectivity index (χ2v) is 5.11. The Morgan fingerprint density at radius 2 is 2.05 bits per heavy atom. The number of amides is 2. The van der Waals surface area contributed by atoms with Crippen molar-refractivity contribution in [2.75, 3.05) is 6.61 Å². The Balaban J connectivity index is 3.11. The Bertz CT molecular complexity index is 597. The highest BCUT2D eigenvalue weighted by molar-refractivity contribution is 5.99. The zero-order valence-corrected chi connectivity index (χ0v) is 12.4. The molecule has 0 spiro atoms. The average Bonchev–Trinajstić information content (AvgIpc) is 2.42. The molecule has 1 aromatic rings. The molecule has 0 saturated heterocycles. The van der Waals surface area contributed by atoms with Crippen molar-refractivity contribution in [1.82, 2.24) is 5.32 Å². The van der Waals surface area contributed by atoms with E-state index < -0.39 is 17.9 Å². The fourth-order valence-electron chi connectivity index (χ4n) is 1.88. The van der Waals surface area contributed by atoms with Crippen molar-refractivity contribution in [2.24, 2.45) is 11.7 Å². The molecule has 1 unspecified atom stereocenters. The van der Waals surface area contributed by atoms with Gasteiger partial charge in [0, 0.05) is 5.56 Å². The molecule has 2 amide bonds. The second-order valence-electron chi connectivity index (χ2n) is 5.11. The normalized spacial score (nSPS) is 11.5. The molecule has 0 fully saturated rings. The van der Waals surface area contributed by atoms with Gasteiger partial charge < -0.3 is 16.2 Å². The Morgan fingerprint density at radius 1 is 1.38 bits per heavy atom. The van der Waals surface area contributed by atoms with E-state index in [2.05, 4.69) is 17.2 Å². The Kier molecular flexibility index (Phi) is 5.94. The standard InChI is InChI=1S/C16H20N2O3/c1-10(2)14(15(17)20)18-16(21)13-9-11(3)6-7-12(13)5-4-8-19/h6-7,9-10,14,19H,8H2,1-3H3,(H2,17,20)(H,18,21). The van der Waals surface area contributed by atoms with Gasteiger partial charge in [0.2, 0.25) is 5.91 Å². The number of carbonyl (C=O) groups excluding carboxylic acids is 2. The van der Waals surface area contributed by atoms with E-state index in [1.54, 1.807) is 26.0 Å². The van der Waals surface area contributed by atoms with E-state index in [9.17, 15) is 9.59 Å². The van der Waals surface area contributed by atoms with Gasteiger partial charge in [-0.3, -0.25) is 9.59 Å². The van der Waals surface area contributed by atoms with Gasteiger partial charge in [-0.25, -0.2) is 0 Å². The van der Waals surface area contributed by atoms with Crippen molar-refractivity contribution in [1.29, 1.82) is 0 Å². The van der Waals surface area contributed by atoms with Crippen LogP contribution in [0.5, 0.6) is 0 Å². The van der Waals surface area contributed by atoms with Crippen LogP contribution in [0.2, 0.25) is 0 Å². The molecule has 0 saturated carbocycles. The molecule has 0 aromatic heterocycles. The molecule has 0 aliphatic carbocycles. The number of nitrogens with two attached hydrogens (primary N) is 1. The largest absolute Gasteiger partial charge is 0.384 e. The van der Waals surface area contributed by atoms with Gasteiger partial charge in [-0.1, -0.05) is 37.3 Å². The van der Waals surface area contributed by atoms with E-state index in [4.69, 9.17) is 10.8 Å². The highest BCUT2D eigenvalue weighted by atomic mass is 16.2. The van der Waals surface area contributed by atoms with E-state index in [1.807, 2.05) is 13.0 Å². The fraction of sp³-hybridized carbons (Fsp3) is 0.375. The number of hydrogen-bond donors (Lipinski definition) is 3. The third-order valence-electron chi connectivity index (χ3n) is 2.98. The summed E-state index contributed by atoms with van der Waals surface area (Å²) >= 11 is 0. The first-order valence-corrected chi connectivity index (χ1v) is 6.67. The maximum Gasteiger partial charge on any atom is 0.253 e. The summed E-state index contributed by atoms with van der Waals surface area (Å²) in [5, 5.41) is 11.4. The van der Waals surface area contributed by atoms with Crippen molar-refractivity contribution in [3.05, 3.63) is 34.9 Å². The van der Waals surface area contributed by atoms with Crippen molar-refractivity contribution < 1.29 is 14.7 Å². The maximum atomic E-state index is 12.4. The maximum absolute atomic E-state index is 12.4. The van der Waals surface area contributed by atoms with Crippen LogP contribution >= 0.6 is 0 Å². The Labute approximate surface area is 124 Å². The second kappa shape index (κ2) is 7.46. The van der Waals surface area contributed by atoms with Crippen LogP contribution < -0.4 is 11.1 Å². The minimum atomic E-state index is -0.739. The van der Waals surface area contributed by atoms with Gasteiger partial charge in [0.05, 0.1) is 5.56 Å². The van der Waals surface area contributed by atoms with Crippen molar-refractivity contribution >= 4 is 11.8 Å². The molecule has 112 valence electrons. The summed E-state index contributed by atoms with van der Waals surface area (Å²) in [5.74, 6) is 4.15. The van der Waals surface area contributed by atoms with Crippen LogP contribution in [0, 0.1) is 24.7 Å². The quantitative estimate of drug-likeness (QED) is 0.708. The number of rotatable bonds is 4. The van der Waals surface area contributed by atoms with Crippen LogP contribution in [0.25, 0.3) is 0 Å². The van der Waals surface area contributed by atoms with Crippen LogP contribution in [-0.2, 0) is 4.79 Å². The molecule has 0 bridgehead atoms. The zero-order chi connectivity index (χ0) is 16.0. The topological polar surface area (TPSA) is 92.4 Å². The molecule has 0 aliphatic heterocycles. The van der Waals surface area contributed by atoms with Gasteiger partial charge in [-0.05, 0) is 25.0 Å². The molecule has 0 aliphatic rings. The third-order valence-corrected chi connectivity index (χ3v) is 2.98. The van der Waals surface area contributed by atoms with E-state index in [-0.39, 0.29) is 12.5 Å². The smallest absolute Gasteiger partial charge is 0.253 e. The number of nitrogens with one attached hydrogen (secondary N) is 1. The van der Waals surface area contributed by atoms with E-state index >= 15 is 0 Å². The van der Waals surface area contributed by atoms with E-state index in [0.29, 0.717) is 11.1 Å². The first-order chi connectivity index (χ1) is 9.86. The molecule has 21 heavy (non-hydrogen) atoms. The van der Waals surface area contributed by atoms with Gasteiger partial charge in [0.1, 0.15) is 12.6 Å². The summed E-state index contributed by atoms with van der Waals surface area (Å²) in [7, 11) is 0. The SMILES string of the molecule is Cc1ccc(C#CCO)c(C(=O)NC(C(N)=O)C(C)C)c1. The lowest BCUT2D eigenvalue weighted by atomic mass is 10.0. The molecule has 1 rings (SSSR count). The zero-order valence-electron chi connectivity index (χ0n) is 12.4. The van der Waals surface area contributed by atoms with Crippen LogP contribution in [0.1, 0.15) is 35.3 Å². The van der Waals surface area contributed by atoms with Crippen LogP contribution in [0.3, 0.4) is 0 Å². The van der Waals surface area contributed by atoms with Gasteiger partial charge in [-0.2, -0.15) is 0 Å². The Morgan fingerprint density at radius 3 is 2.57 bits per heavy atom. The number of primary amides is 1. The number of hydrogen-bond acceptors (Lipinski definition) is 3. The van der Waals surface area contributed by atoms with E-state index in [0.717, 1.165) is 5.56 Å². The molecule has 4 N–H and O–H groups in total. The molecular formula is C16H20N2O3. The first-order valence-electron chi connectivity index (χ1n) is 6.67. The van der Waals surface area contributed by atoms with Crippen LogP contribution in [0.15, 0.2) is 18.2 Å². The summed E-state index contributed by atoms with van der Waals surface area (Å²) in [6.07, 6.45) is 0. The van der Waals surface area contributed by atoms with Gasteiger partial charge in [0.25, 0.3) is 5.91 Å². The van der Waals surface area contributed by atoms with Crippen molar-refractivity contribution in [3.63, 3.8) is 0 Å². The number of aryl methyl sites for hydroxylation is 1. The molecule has 0 radical (unpaired) electrons. The minimum absolute atomic E-state index is 0.108. The fourth-order valence-corrected chi connectivity index (χ4v) is 1.88. The average molecular weight is 288 g/mol. The highest BCUT2D eigenvalue weighted by Gasteiger charge is 2.23. The van der Waals surface area contributed by atoms with Crippen LogP contribution in [-0.4, -0.2) is 29.6 Å².